The van der Waals surface area contributed by atoms with Crippen LogP contribution in [0.15, 0.2) is 30.6 Å². The predicted octanol–water partition coefficient (Wildman–Crippen LogP) is 2.17. The molecule has 0 radical (unpaired) electrons. The summed E-state index contributed by atoms with van der Waals surface area (Å²) in [4.78, 5) is 24.4. The van der Waals surface area contributed by atoms with Crippen molar-refractivity contribution >= 4 is 5.78 Å². The first kappa shape index (κ1) is 12.4. The molecule has 0 saturated carbocycles. The molecule has 2 heterocycles. The second-order valence-corrected chi connectivity index (χ2v) is 4.10. The molecule has 0 fully saturated rings. The lowest BCUT2D eigenvalue weighted by Crippen LogP contribution is -2.08. The Balaban J connectivity index is 2.11. The molecule has 0 spiro atoms. The first-order valence-corrected chi connectivity index (χ1v) is 5.95. The fourth-order valence-corrected chi connectivity index (χ4v) is 1.64. The number of nitrogens with zero attached hydrogens (tertiary/aromatic N) is 3. The van der Waals surface area contributed by atoms with Crippen LogP contribution in [0.3, 0.4) is 0 Å². The van der Waals surface area contributed by atoms with Gasteiger partial charge in [-0.1, -0.05) is 13.0 Å². The number of rotatable bonds is 4. The van der Waals surface area contributed by atoms with E-state index in [9.17, 15) is 4.79 Å². The zero-order valence-corrected chi connectivity index (χ0v) is 10.6. The summed E-state index contributed by atoms with van der Waals surface area (Å²) in [7, 11) is 0. The van der Waals surface area contributed by atoms with E-state index in [1.165, 1.54) is 5.56 Å². The Morgan fingerprint density at radius 1 is 1.22 bits per heavy atom. The SMILES string of the molecule is CCc1ccc(CC(=O)c2ccnc(C)n2)nc1. The number of carbonyl (C=O) groups is 1. The molecule has 0 aliphatic rings. The number of pyridine rings is 1. The molecule has 0 aliphatic carbocycles. The van der Waals surface area contributed by atoms with Gasteiger partial charge in [0.2, 0.25) is 0 Å². The van der Waals surface area contributed by atoms with Gasteiger partial charge in [0.05, 0.1) is 6.42 Å². The quantitative estimate of drug-likeness (QED) is 0.770. The van der Waals surface area contributed by atoms with E-state index in [0.717, 1.165) is 12.1 Å². The van der Waals surface area contributed by atoms with Gasteiger partial charge in [0.25, 0.3) is 0 Å². The molecule has 4 nitrogen and oxygen atoms in total. The zero-order chi connectivity index (χ0) is 13.0. The van der Waals surface area contributed by atoms with Crippen molar-refractivity contribution in [2.24, 2.45) is 0 Å². The van der Waals surface area contributed by atoms with E-state index >= 15 is 0 Å². The van der Waals surface area contributed by atoms with Crippen molar-refractivity contribution in [2.45, 2.75) is 26.7 Å². The van der Waals surface area contributed by atoms with Gasteiger partial charge in [0, 0.05) is 18.1 Å². The summed E-state index contributed by atoms with van der Waals surface area (Å²) in [5.74, 6) is 0.576. The van der Waals surface area contributed by atoms with Crippen LogP contribution in [0.25, 0.3) is 0 Å². The molecule has 4 heteroatoms. The first-order valence-electron chi connectivity index (χ1n) is 5.95. The minimum atomic E-state index is -0.0303. The summed E-state index contributed by atoms with van der Waals surface area (Å²) in [6.07, 6.45) is 4.64. The van der Waals surface area contributed by atoms with Crippen molar-refractivity contribution in [1.82, 2.24) is 15.0 Å². The lowest BCUT2D eigenvalue weighted by molar-refractivity contribution is 0.0986. The molecule has 0 atom stereocenters. The van der Waals surface area contributed by atoms with Crippen LogP contribution in [0, 0.1) is 6.92 Å². The molecule has 0 N–H and O–H groups in total. The Bertz CT molecular complexity index is 549. The second-order valence-electron chi connectivity index (χ2n) is 4.10. The van der Waals surface area contributed by atoms with E-state index < -0.39 is 0 Å². The Morgan fingerprint density at radius 3 is 2.67 bits per heavy atom. The molecule has 2 rings (SSSR count). The van der Waals surface area contributed by atoms with Gasteiger partial charge >= 0.3 is 0 Å². The Morgan fingerprint density at radius 2 is 2.06 bits per heavy atom. The predicted molar refractivity (Wildman–Crippen MR) is 68.4 cm³/mol. The van der Waals surface area contributed by atoms with Crippen LogP contribution < -0.4 is 0 Å². The Kier molecular flexibility index (Phi) is 3.77. The third kappa shape index (κ3) is 2.97. The molecule has 0 aliphatic heterocycles. The Hall–Kier alpha value is -2.10. The highest BCUT2D eigenvalue weighted by Crippen LogP contribution is 2.05. The van der Waals surface area contributed by atoms with Gasteiger partial charge in [-0.2, -0.15) is 0 Å². The first-order chi connectivity index (χ1) is 8.69. The van der Waals surface area contributed by atoms with E-state index in [-0.39, 0.29) is 12.2 Å². The molecule has 0 amide bonds. The van der Waals surface area contributed by atoms with Gasteiger partial charge < -0.3 is 0 Å². The van der Waals surface area contributed by atoms with Gasteiger partial charge in [-0.3, -0.25) is 9.78 Å². The van der Waals surface area contributed by atoms with E-state index in [1.807, 2.05) is 18.3 Å². The fourth-order valence-electron chi connectivity index (χ4n) is 1.64. The van der Waals surface area contributed by atoms with E-state index in [0.29, 0.717) is 11.5 Å². The van der Waals surface area contributed by atoms with Crippen molar-refractivity contribution in [3.05, 3.63) is 53.4 Å². The van der Waals surface area contributed by atoms with Crippen LogP contribution in [0.2, 0.25) is 0 Å². The lowest BCUT2D eigenvalue weighted by Gasteiger charge is -2.02. The molecule has 0 saturated heterocycles. The molecule has 18 heavy (non-hydrogen) atoms. The molecule has 2 aromatic heterocycles. The minimum Gasteiger partial charge on any atom is -0.292 e. The van der Waals surface area contributed by atoms with Crippen LogP contribution in [0.1, 0.15) is 34.5 Å². The maximum Gasteiger partial charge on any atom is 0.187 e. The minimum absolute atomic E-state index is 0.0303. The maximum absolute atomic E-state index is 12.0. The van der Waals surface area contributed by atoms with Gasteiger partial charge in [-0.15, -0.1) is 0 Å². The largest absolute Gasteiger partial charge is 0.292 e. The number of hydrogen-bond donors (Lipinski definition) is 0. The lowest BCUT2D eigenvalue weighted by atomic mass is 10.1. The van der Waals surface area contributed by atoms with Crippen LogP contribution in [0.4, 0.5) is 0 Å². The molecular formula is C14H15N3O. The molecule has 2 aromatic rings. The van der Waals surface area contributed by atoms with Crippen LogP contribution >= 0.6 is 0 Å². The summed E-state index contributed by atoms with van der Waals surface area (Å²) < 4.78 is 0. The van der Waals surface area contributed by atoms with Crippen molar-refractivity contribution in [1.29, 1.82) is 0 Å². The highest BCUT2D eigenvalue weighted by Gasteiger charge is 2.09. The van der Waals surface area contributed by atoms with Crippen molar-refractivity contribution in [2.75, 3.05) is 0 Å². The van der Waals surface area contributed by atoms with Crippen LogP contribution in [-0.2, 0) is 12.8 Å². The highest BCUT2D eigenvalue weighted by atomic mass is 16.1. The summed E-state index contributed by atoms with van der Waals surface area (Å²) >= 11 is 0. The number of aryl methyl sites for hydroxylation is 2. The van der Waals surface area contributed by atoms with Crippen molar-refractivity contribution < 1.29 is 4.79 Å². The summed E-state index contributed by atoms with van der Waals surface area (Å²) in [6, 6.07) is 5.53. The summed E-state index contributed by atoms with van der Waals surface area (Å²) in [6.45, 7) is 3.84. The average molecular weight is 241 g/mol. The third-order valence-electron chi connectivity index (χ3n) is 2.70. The monoisotopic (exact) mass is 241 g/mol. The summed E-state index contributed by atoms with van der Waals surface area (Å²) in [5, 5.41) is 0. The van der Waals surface area contributed by atoms with Gasteiger partial charge in [0.15, 0.2) is 5.78 Å². The highest BCUT2D eigenvalue weighted by molar-refractivity contribution is 5.95. The number of hydrogen-bond acceptors (Lipinski definition) is 4. The maximum atomic E-state index is 12.0. The molecule has 92 valence electrons. The van der Waals surface area contributed by atoms with Gasteiger partial charge in [0.1, 0.15) is 11.5 Å². The molecule has 0 bridgehead atoms. The number of aromatic nitrogens is 3. The molecule has 0 unspecified atom stereocenters. The fraction of sp³-hybridized carbons (Fsp3) is 0.286. The standard InChI is InChI=1S/C14H15N3O/c1-3-11-4-5-12(16-9-11)8-14(18)13-6-7-15-10(2)17-13/h4-7,9H,3,8H2,1-2H3. The number of ketones is 1. The smallest absolute Gasteiger partial charge is 0.187 e. The average Bonchev–Trinajstić information content (AvgIpc) is 2.39. The normalized spacial score (nSPS) is 10.3. The van der Waals surface area contributed by atoms with E-state index in [2.05, 4.69) is 21.9 Å². The zero-order valence-electron chi connectivity index (χ0n) is 10.6. The molecule has 0 aromatic carbocycles. The van der Waals surface area contributed by atoms with Crippen LogP contribution in [-0.4, -0.2) is 20.7 Å². The Labute approximate surface area is 106 Å². The molecular weight excluding hydrogens is 226 g/mol. The van der Waals surface area contributed by atoms with E-state index in [1.54, 1.807) is 19.2 Å². The van der Waals surface area contributed by atoms with Crippen molar-refractivity contribution in [3.63, 3.8) is 0 Å². The topological polar surface area (TPSA) is 55.7 Å². The summed E-state index contributed by atoms with van der Waals surface area (Å²) in [5.41, 5.74) is 2.39. The van der Waals surface area contributed by atoms with Gasteiger partial charge in [-0.25, -0.2) is 9.97 Å². The third-order valence-corrected chi connectivity index (χ3v) is 2.70. The second kappa shape index (κ2) is 5.49. The van der Waals surface area contributed by atoms with Crippen LogP contribution in [0.5, 0.6) is 0 Å². The number of carbonyl (C=O) groups excluding carboxylic acids is 1. The van der Waals surface area contributed by atoms with Crippen molar-refractivity contribution in [3.8, 4) is 0 Å². The van der Waals surface area contributed by atoms with E-state index in [4.69, 9.17) is 0 Å². The van der Waals surface area contributed by atoms with Gasteiger partial charge in [-0.05, 0) is 31.0 Å². The number of Topliss-reactive ketones (excluding diaryl/α,β-unsaturated/α-hetero) is 1.